The van der Waals surface area contributed by atoms with Gasteiger partial charge in [0.2, 0.25) is 11.8 Å². The first-order valence-corrected chi connectivity index (χ1v) is 12.4. The van der Waals surface area contributed by atoms with E-state index in [0.717, 1.165) is 5.39 Å². The van der Waals surface area contributed by atoms with Crippen molar-refractivity contribution in [1.29, 1.82) is 0 Å². The SMILES string of the molecule is CC(C)n1nc(C2CCC(=O)NC2=O)c2ccc(C3CCN(CC(=O)OC(C)(C)C)CC3(F)F)cc21. The molecule has 10 heteroatoms. The zero-order valence-electron chi connectivity index (χ0n) is 21.4. The van der Waals surface area contributed by atoms with Crippen molar-refractivity contribution in [3.8, 4) is 0 Å². The number of carbonyl (C=O) groups is 3. The average molecular weight is 505 g/mol. The summed E-state index contributed by atoms with van der Waals surface area (Å²) in [5.41, 5.74) is 1.09. The van der Waals surface area contributed by atoms with E-state index < -0.39 is 35.9 Å². The minimum atomic E-state index is -3.04. The molecule has 2 aromatic rings. The lowest BCUT2D eigenvalue weighted by Gasteiger charge is -2.38. The monoisotopic (exact) mass is 504 g/mol. The lowest BCUT2D eigenvalue weighted by molar-refractivity contribution is -0.159. The second-order valence-electron chi connectivity index (χ2n) is 11.1. The fourth-order valence-corrected chi connectivity index (χ4v) is 5.11. The molecule has 2 unspecified atom stereocenters. The molecule has 0 spiro atoms. The minimum absolute atomic E-state index is 0.0547. The standard InChI is InChI=1S/C26H34F2N4O4/c1-15(2)32-20-12-16(6-7-17(20)23(30-32)18-8-9-21(33)29-24(18)35)19-10-11-31(14-26(19,27)28)13-22(34)36-25(3,4)5/h6-7,12,15,18-19H,8-11,13-14H2,1-5H3,(H,29,33,35). The molecule has 36 heavy (non-hydrogen) atoms. The Hall–Kier alpha value is -2.88. The highest BCUT2D eigenvalue weighted by Gasteiger charge is 2.46. The van der Waals surface area contributed by atoms with E-state index in [1.165, 1.54) is 4.90 Å². The van der Waals surface area contributed by atoms with Crippen molar-refractivity contribution in [3.05, 3.63) is 29.5 Å². The number of amides is 2. The fraction of sp³-hybridized carbons (Fsp3) is 0.615. The normalized spacial score (nSPS) is 23.2. The van der Waals surface area contributed by atoms with E-state index in [1.807, 2.05) is 13.8 Å². The largest absolute Gasteiger partial charge is 0.459 e. The van der Waals surface area contributed by atoms with Crippen LogP contribution in [-0.2, 0) is 19.1 Å². The molecule has 1 aromatic carbocycles. The predicted molar refractivity (Wildman–Crippen MR) is 130 cm³/mol. The average Bonchev–Trinajstić information content (AvgIpc) is 3.10. The first-order chi connectivity index (χ1) is 16.7. The summed E-state index contributed by atoms with van der Waals surface area (Å²) in [5, 5.41) is 7.78. The molecule has 4 rings (SSSR count). The van der Waals surface area contributed by atoms with Gasteiger partial charge in [0.25, 0.3) is 5.92 Å². The fourth-order valence-electron chi connectivity index (χ4n) is 5.11. The molecular weight excluding hydrogens is 470 g/mol. The molecule has 0 saturated carbocycles. The third-order valence-electron chi connectivity index (χ3n) is 6.67. The molecule has 2 saturated heterocycles. The number of aromatic nitrogens is 2. The minimum Gasteiger partial charge on any atom is -0.459 e. The summed E-state index contributed by atoms with van der Waals surface area (Å²) in [6.07, 6.45) is 0.792. The topological polar surface area (TPSA) is 93.5 Å². The number of carbonyl (C=O) groups excluding carboxylic acids is 3. The van der Waals surface area contributed by atoms with Gasteiger partial charge in [-0.3, -0.25) is 29.3 Å². The van der Waals surface area contributed by atoms with Crippen molar-refractivity contribution >= 4 is 28.7 Å². The maximum Gasteiger partial charge on any atom is 0.320 e. The Balaban J connectivity index is 1.59. The quantitative estimate of drug-likeness (QED) is 0.490. The van der Waals surface area contributed by atoms with Crippen LogP contribution in [-0.4, -0.2) is 63.6 Å². The van der Waals surface area contributed by atoms with E-state index in [4.69, 9.17) is 4.74 Å². The number of nitrogens with one attached hydrogen (secondary N) is 1. The van der Waals surface area contributed by atoms with E-state index in [-0.39, 0.29) is 37.2 Å². The van der Waals surface area contributed by atoms with Crippen LogP contribution in [0.5, 0.6) is 0 Å². The van der Waals surface area contributed by atoms with Gasteiger partial charge < -0.3 is 4.74 Å². The van der Waals surface area contributed by atoms with Gasteiger partial charge in [-0.05, 0) is 65.6 Å². The third kappa shape index (κ3) is 5.43. The van der Waals surface area contributed by atoms with Crippen LogP contribution in [0.15, 0.2) is 18.2 Å². The number of benzene rings is 1. The highest BCUT2D eigenvalue weighted by Crippen LogP contribution is 2.42. The number of esters is 1. The van der Waals surface area contributed by atoms with Crippen molar-refractivity contribution in [2.75, 3.05) is 19.6 Å². The van der Waals surface area contributed by atoms with Crippen molar-refractivity contribution < 1.29 is 27.9 Å². The van der Waals surface area contributed by atoms with Gasteiger partial charge in [0, 0.05) is 17.8 Å². The molecule has 0 aliphatic carbocycles. The summed E-state index contributed by atoms with van der Waals surface area (Å²) < 4.78 is 37.7. The van der Waals surface area contributed by atoms with Crippen LogP contribution in [0, 0.1) is 0 Å². The molecule has 2 aliphatic rings. The Labute approximate surface area is 209 Å². The zero-order chi connectivity index (χ0) is 26.4. The Bertz CT molecular complexity index is 1180. The zero-order valence-corrected chi connectivity index (χ0v) is 21.4. The molecule has 0 radical (unpaired) electrons. The first kappa shape index (κ1) is 26.2. The molecule has 2 amide bonds. The number of hydrogen-bond donors (Lipinski definition) is 1. The summed E-state index contributed by atoms with van der Waals surface area (Å²) in [7, 11) is 0. The molecule has 8 nitrogen and oxygen atoms in total. The molecule has 0 bridgehead atoms. The van der Waals surface area contributed by atoms with Crippen LogP contribution in [0.25, 0.3) is 10.9 Å². The summed E-state index contributed by atoms with van der Waals surface area (Å²) >= 11 is 0. The number of likely N-dealkylation sites (tertiary alicyclic amines) is 1. The number of halogens is 2. The number of alkyl halides is 2. The lowest BCUT2D eigenvalue weighted by Crippen LogP contribution is -2.49. The highest BCUT2D eigenvalue weighted by molar-refractivity contribution is 6.02. The number of imide groups is 1. The summed E-state index contributed by atoms with van der Waals surface area (Å²) in [5.74, 6) is -5.80. The summed E-state index contributed by atoms with van der Waals surface area (Å²) in [6, 6.07) is 5.14. The van der Waals surface area contributed by atoms with Crippen molar-refractivity contribution in [2.45, 2.75) is 83.3 Å². The Morgan fingerprint density at radius 2 is 1.97 bits per heavy atom. The van der Waals surface area contributed by atoms with E-state index >= 15 is 8.78 Å². The van der Waals surface area contributed by atoms with Gasteiger partial charge in [-0.15, -0.1) is 0 Å². The van der Waals surface area contributed by atoms with Crippen LogP contribution in [0.4, 0.5) is 8.78 Å². The van der Waals surface area contributed by atoms with E-state index in [1.54, 1.807) is 43.7 Å². The van der Waals surface area contributed by atoms with E-state index in [0.29, 0.717) is 29.7 Å². The van der Waals surface area contributed by atoms with Crippen LogP contribution in [0.2, 0.25) is 0 Å². The van der Waals surface area contributed by atoms with Gasteiger partial charge in [-0.25, -0.2) is 8.78 Å². The number of nitrogens with zero attached hydrogens (tertiary/aromatic N) is 3. The Morgan fingerprint density at radius 1 is 1.25 bits per heavy atom. The van der Waals surface area contributed by atoms with Gasteiger partial charge in [0.1, 0.15) is 5.60 Å². The number of fused-ring (bicyclic) bond motifs is 1. The second-order valence-corrected chi connectivity index (χ2v) is 11.1. The van der Waals surface area contributed by atoms with Gasteiger partial charge in [-0.2, -0.15) is 5.10 Å². The molecule has 196 valence electrons. The van der Waals surface area contributed by atoms with Gasteiger partial charge in [-0.1, -0.05) is 12.1 Å². The smallest absolute Gasteiger partial charge is 0.320 e. The molecule has 2 aliphatic heterocycles. The number of hydrogen-bond acceptors (Lipinski definition) is 6. The first-order valence-electron chi connectivity index (χ1n) is 12.4. The molecule has 2 atom stereocenters. The van der Waals surface area contributed by atoms with Crippen LogP contribution < -0.4 is 5.32 Å². The third-order valence-corrected chi connectivity index (χ3v) is 6.67. The van der Waals surface area contributed by atoms with Crippen LogP contribution >= 0.6 is 0 Å². The lowest BCUT2D eigenvalue weighted by atomic mass is 9.85. The molecule has 3 heterocycles. The van der Waals surface area contributed by atoms with Gasteiger partial charge in [0.15, 0.2) is 0 Å². The van der Waals surface area contributed by atoms with E-state index in [9.17, 15) is 14.4 Å². The Kier molecular flexibility index (Phi) is 6.94. The van der Waals surface area contributed by atoms with Crippen molar-refractivity contribution in [3.63, 3.8) is 0 Å². The van der Waals surface area contributed by atoms with Gasteiger partial charge in [0.05, 0.1) is 36.1 Å². The van der Waals surface area contributed by atoms with Crippen LogP contribution in [0.3, 0.4) is 0 Å². The Morgan fingerprint density at radius 3 is 2.58 bits per heavy atom. The summed E-state index contributed by atoms with van der Waals surface area (Å²) in [4.78, 5) is 37.7. The predicted octanol–water partition coefficient (Wildman–Crippen LogP) is 3.90. The highest BCUT2D eigenvalue weighted by atomic mass is 19.3. The maximum absolute atomic E-state index is 15.3. The number of piperidine rings is 2. The maximum atomic E-state index is 15.3. The van der Waals surface area contributed by atoms with E-state index in [2.05, 4.69) is 10.4 Å². The van der Waals surface area contributed by atoms with Gasteiger partial charge >= 0.3 is 5.97 Å². The number of rotatable bonds is 5. The molecule has 1 N–H and O–H groups in total. The number of ether oxygens (including phenoxy) is 1. The van der Waals surface area contributed by atoms with Crippen molar-refractivity contribution in [1.82, 2.24) is 20.0 Å². The van der Waals surface area contributed by atoms with Crippen LogP contribution in [0.1, 0.15) is 83.0 Å². The molecular formula is C26H34F2N4O4. The van der Waals surface area contributed by atoms with Crippen molar-refractivity contribution in [2.24, 2.45) is 0 Å². The molecule has 1 aromatic heterocycles. The molecule has 2 fully saturated rings. The summed E-state index contributed by atoms with van der Waals surface area (Å²) in [6.45, 7) is 8.77. The second kappa shape index (κ2) is 9.53.